The molecule has 0 saturated carbocycles. The summed E-state index contributed by atoms with van der Waals surface area (Å²) >= 11 is 10.1. The van der Waals surface area contributed by atoms with Crippen molar-refractivity contribution in [1.29, 1.82) is 0 Å². The van der Waals surface area contributed by atoms with Crippen LogP contribution < -0.4 is 0 Å². The van der Waals surface area contributed by atoms with Crippen LogP contribution in [0.3, 0.4) is 0 Å². The molecule has 0 aliphatic rings. The van der Waals surface area contributed by atoms with Crippen LogP contribution in [0.5, 0.6) is 0 Å². The fourth-order valence-electron chi connectivity index (χ4n) is 2.14. The third kappa shape index (κ3) is 6.53. The number of hydrogen-bond donors (Lipinski definition) is 0. The molecule has 0 fully saturated rings. The zero-order valence-corrected chi connectivity index (χ0v) is 15.8. The molecule has 0 N–H and O–H groups in total. The molecule has 3 heteroatoms. The maximum absolute atomic E-state index is 5.05. The minimum absolute atomic E-state index is 0. The van der Waals surface area contributed by atoms with Gasteiger partial charge in [-0.1, -0.05) is 12.1 Å². The fourth-order valence-corrected chi connectivity index (χ4v) is 2.14. The molecule has 23 heavy (non-hydrogen) atoms. The summed E-state index contributed by atoms with van der Waals surface area (Å²) in [7, 11) is 0. The Balaban J connectivity index is 0.000000182. The Labute approximate surface area is 162 Å². The van der Waals surface area contributed by atoms with Gasteiger partial charge in [0.15, 0.2) is 0 Å². The van der Waals surface area contributed by atoms with E-state index in [9.17, 15) is 0 Å². The number of halogens is 2. The summed E-state index contributed by atoms with van der Waals surface area (Å²) in [5, 5.41) is 5.32. The molecule has 0 aliphatic heterocycles. The first-order chi connectivity index (χ1) is 10.8. The Morgan fingerprint density at radius 2 is 1.00 bits per heavy atom. The molecule has 0 radical (unpaired) electrons. The van der Waals surface area contributed by atoms with Gasteiger partial charge < -0.3 is 0 Å². The minimum atomic E-state index is 0. The first-order valence-electron chi connectivity index (χ1n) is 7.18. The molecule has 116 valence electrons. The maximum Gasteiger partial charge on any atom is 2.00 e. The number of alkyl halides is 2. The van der Waals surface area contributed by atoms with E-state index < -0.39 is 0 Å². The van der Waals surface area contributed by atoms with Gasteiger partial charge in [-0.2, -0.15) is 35.0 Å². The Hall–Kier alpha value is -1.05. The fraction of sp³-hybridized carbons (Fsp3) is 0.100. The molecule has 4 aromatic carbocycles. The molecule has 0 aromatic heterocycles. The van der Waals surface area contributed by atoms with Crippen LogP contribution in [0.4, 0.5) is 0 Å². The molecule has 0 saturated heterocycles. The normalized spacial score (nSPS) is 9.30. The summed E-state index contributed by atoms with van der Waals surface area (Å²) in [6.07, 6.45) is 0. The second-order valence-corrected chi connectivity index (χ2v) is 5.44. The van der Waals surface area contributed by atoms with Crippen LogP contribution >= 0.6 is 23.2 Å². The van der Waals surface area contributed by atoms with Gasteiger partial charge in [0.05, 0.1) is 0 Å². The Morgan fingerprint density at radius 1 is 0.609 bits per heavy atom. The van der Waals surface area contributed by atoms with Gasteiger partial charge >= 0.3 is 21.7 Å². The number of fused-ring (bicyclic) bond motifs is 2. The van der Waals surface area contributed by atoms with Gasteiger partial charge in [-0.3, -0.25) is 0 Å². The topological polar surface area (TPSA) is 0 Å². The van der Waals surface area contributed by atoms with Gasteiger partial charge in [0, 0.05) is 11.8 Å². The average molecular weight is 377 g/mol. The number of rotatable bonds is 1. The Bertz CT molecular complexity index is 658. The van der Waals surface area contributed by atoms with Crippen LogP contribution in [-0.2, 0) is 21.7 Å². The second-order valence-electron chi connectivity index (χ2n) is 4.69. The molecule has 0 aliphatic carbocycles. The molecule has 4 aromatic rings. The molecular formula is C20H18Cl2Ti. The van der Waals surface area contributed by atoms with Gasteiger partial charge in [0.25, 0.3) is 0 Å². The second kappa shape index (κ2) is 11.5. The van der Waals surface area contributed by atoms with E-state index in [2.05, 4.69) is 84.9 Å². The molecular weight excluding hydrogens is 359 g/mol. The molecule has 0 spiro atoms. The molecule has 0 nitrogen and oxygen atoms in total. The van der Waals surface area contributed by atoms with Crippen LogP contribution in [0.1, 0.15) is 0 Å². The van der Waals surface area contributed by atoms with Gasteiger partial charge in [-0.05, 0) is 0 Å². The minimum Gasteiger partial charge on any atom is -0.168 e. The Kier molecular flexibility index (Phi) is 9.99. The van der Waals surface area contributed by atoms with E-state index in [1.165, 1.54) is 21.5 Å². The van der Waals surface area contributed by atoms with Crippen LogP contribution in [0, 0.1) is 0 Å². The predicted octanol–water partition coefficient (Wildman–Crippen LogP) is 6.58. The third-order valence-corrected chi connectivity index (χ3v) is 3.74. The SMILES string of the molecule is ClCCCl.[Ti+2].c1ccc2[cH-]ccc2c1.c1ccc2[cH-]ccc2c1. The summed E-state index contributed by atoms with van der Waals surface area (Å²) in [6.45, 7) is 0. The van der Waals surface area contributed by atoms with Crippen molar-refractivity contribution in [3.63, 3.8) is 0 Å². The monoisotopic (exact) mass is 376 g/mol. The van der Waals surface area contributed by atoms with E-state index in [0.717, 1.165) is 0 Å². The van der Waals surface area contributed by atoms with Crippen molar-refractivity contribution >= 4 is 44.7 Å². The van der Waals surface area contributed by atoms with E-state index in [-0.39, 0.29) is 21.7 Å². The van der Waals surface area contributed by atoms with Crippen LogP contribution in [0.2, 0.25) is 0 Å². The number of benzene rings is 2. The quantitative estimate of drug-likeness (QED) is 0.200. The van der Waals surface area contributed by atoms with Gasteiger partial charge in [-0.15, -0.1) is 82.5 Å². The summed E-state index contributed by atoms with van der Waals surface area (Å²) in [4.78, 5) is 0. The summed E-state index contributed by atoms with van der Waals surface area (Å²) in [5.41, 5.74) is 0. The van der Waals surface area contributed by atoms with Crippen molar-refractivity contribution in [2.24, 2.45) is 0 Å². The van der Waals surface area contributed by atoms with Crippen molar-refractivity contribution in [1.82, 2.24) is 0 Å². The van der Waals surface area contributed by atoms with Crippen molar-refractivity contribution in [2.45, 2.75) is 0 Å². The Morgan fingerprint density at radius 3 is 1.35 bits per heavy atom. The van der Waals surface area contributed by atoms with Crippen LogP contribution in [-0.4, -0.2) is 11.8 Å². The van der Waals surface area contributed by atoms with Crippen molar-refractivity contribution < 1.29 is 21.7 Å². The van der Waals surface area contributed by atoms with Crippen molar-refractivity contribution in [2.75, 3.05) is 11.8 Å². The molecule has 0 heterocycles. The molecule has 0 amide bonds. The van der Waals surface area contributed by atoms with E-state index in [4.69, 9.17) is 23.2 Å². The smallest absolute Gasteiger partial charge is 0.168 e. The molecule has 0 unspecified atom stereocenters. The van der Waals surface area contributed by atoms with Crippen LogP contribution in [0.25, 0.3) is 21.5 Å². The van der Waals surface area contributed by atoms with Crippen molar-refractivity contribution in [3.8, 4) is 0 Å². The zero-order valence-electron chi connectivity index (χ0n) is 12.8. The average Bonchev–Trinajstić information content (AvgIpc) is 3.24. The first-order valence-corrected chi connectivity index (χ1v) is 8.25. The molecule has 0 atom stereocenters. The summed E-state index contributed by atoms with van der Waals surface area (Å²) in [6, 6.07) is 29.3. The summed E-state index contributed by atoms with van der Waals surface area (Å²) in [5.74, 6) is 1.11. The third-order valence-electron chi connectivity index (χ3n) is 3.17. The van der Waals surface area contributed by atoms with Crippen molar-refractivity contribution in [3.05, 3.63) is 84.9 Å². The predicted molar refractivity (Wildman–Crippen MR) is 101 cm³/mol. The first kappa shape index (κ1) is 20.0. The van der Waals surface area contributed by atoms with Gasteiger partial charge in [0.1, 0.15) is 0 Å². The zero-order chi connectivity index (χ0) is 15.6. The largest absolute Gasteiger partial charge is 2.00 e. The summed E-state index contributed by atoms with van der Waals surface area (Å²) < 4.78 is 0. The van der Waals surface area contributed by atoms with E-state index >= 15 is 0 Å². The molecule has 4 rings (SSSR count). The van der Waals surface area contributed by atoms with E-state index in [0.29, 0.717) is 11.8 Å². The van der Waals surface area contributed by atoms with Gasteiger partial charge in [0.2, 0.25) is 0 Å². The number of hydrogen-bond acceptors (Lipinski definition) is 0. The van der Waals surface area contributed by atoms with Gasteiger partial charge in [-0.25, -0.2) is 0 Å². The van der Waals surface area contributed by atoms with E-state index in [1.54, 1.807) is 0 Å². The molecule has 0 bridgehead atoms. The van der Waals surface area contributed by atoms with Crippen LogP contribution in [0.15, 0.2) is 84.9 Å². The van der Waals surface area contributed by atoms with E-state index in [1.807, 2.05) is 0 Å². The maximum atomic E-state index is 5.05. The standard InChI is InChI=1S/2C9H7.C2H4Cl2.Ti/c2*1-2-5-9-7-3-6-8(9)4-1;3-1-2-4;/h2*1-7H;1-2H2;/q2*-1;;+2.